The van der Waals surface area contributed by atoms with Crippen LogP contribution >= 0.6 is 15.9 Å². The van der Waals surface area contributed by atoms with E-state index in [0.29, 0.717) is 5.69 Å². The molecule has 0 unspecified atom stereocenters. The summed E-state index contributed by atoms with van der Waals surface area (Å²) < 4.78 is 0. The first-order chi connectivity index (χ1) is 5.72. The maximum atomic E-state index is 10.2. The minimum Gasteiger partial charge on any atom is -0.465 e. The molecule has 64 valence electrons. The van der Waals surface area contributed by atoms with Crippen LogP contribution in [0.4, 0.5) is 10.5 Å². The molecule has 0 aromatic heterocycles. The van der Waals surface area contributed by atoms with Gasteiger partial charge in [0.2, 0.25) is 0 Å². The molecular weight excluding hydrogens is 222 g/mol. The molecule has 1 aromatic rings. The highest BCUT2D eigenvalue weighted by molar-refractivity contribution is 9.08. The second-order valence-electron chi connectivity index (χ2n) is 2.26. The van der Waals surface area contributed by atoms with Gasteiger partial charge in [-0.15, -0.1) is 0 Å². The molecule has 0 fully saturated rings. The van der Waals surface area contributed by atoms with Crippen LogP contribution in [-0.2, 0) is 5.33 Å². The van der Waals surface area contributed by atoms with E-state index < -0.39 is 6.09 Å². The van der Waals surface area contributed by atoms with Gasteiger partial charge in [-0.25, -0.2) is 4.79 Å². The highest BCUT2D eigenvalue weighted by Crippen LogP contribution is 2.11. The maximum Gasteiger partial charge on any atom is 0.409 e. The number of carboxylic acid groups (broad SMARTS) is 1. The van der Waals surface area contributed by atoms with E-state index in [1.165, 1.54) is 0 Å². The zero-order chi connectivity index (χ0) is 8.97. The van der Waals surface area contributed by atoms with E-state index in [4.69, 9.17) is 5.11 Å². The zero-order valence-corrected chi connectivity index (χ0v) is 7.84. The van der Waals surface area contributed by atoms with E-state index in [1.54, 1.807) is 12.1 Å². The first-order valence-corrected chi connectivity index (χ1v) is 4.49. The number of benzene rings is 1. The fraction of sp³-hybridized carbons (Fsp3) is 0.125. The number of carbonyl (C=O) groups is 1. The predicted octanol–water partition coefficient (Wildman–Crippen LogP) is 2.67. The van der Waals surface area contributed by atoms with Gasteiger partial charge in [-0.1, -0.05) is 28.1 Å². The average Bonchev–Trinajstić information content (AvgIpc) is 2.05. The molecule has 0 bridgehead atoms. The number of halogens is 1. The van der Waals surface area contributed by atoms with Crippen molar-refractivity contribution in [3.8, 4) is 0 Å². The molecule has 1 aromatic carbocycles. The summed E-state index contributed by atoms with van der Waals surface area (Å²) in [5.41, 5.74) is 1.71. The molecule has 0 saturated heterocycles. The second kappa shape index (κ2) is 4.11. The number of rotatable bonds is 2. The Morgan fingerprint density at radius 3 is 2.42 bits per heavy atom. The molecule has 0 radical (unpaired) electrons. The molecule has 2 N–H and O–H groups in total. The van der Waals surface area contributed by atoms with Crippen molar-refractivity contribution < 1.29 is 9.90 Å². The smallest absolute Gasteiger partial charge is 0.409 e. The fourth-order valence-electron chi connectivity index (χ4n) is 0.801. The van der Waals surface area contributed by atoms with Crippen LogP contribution in [0.3, 0.4) is 0 Å². The monoisotopic (exact) mass is 229 g/mol. The summed E-state index contributed by atoms with van der Waals surface area (Å²) in [7, 11) is 0. The van der Waals surface area contributed by atoms with Gasteiger partial charge in [-0.2, -0.15) is 0 Å². The summed E-state index contributed by atoms with van der Waals surface area (Å²) in [6, 6.07) is 7.18. The summed E-state index contributed by atoms with van der Waals surface area (Å²) in [5.74, 6) is 0. The molecule has 4 heteroatoms. The largest absolute Gasteiger partial charge is 0.465 e. The third-order valence-electron chi connectivity index (χ3n) is 1.36. The van der Waals surface area contributed by atoms with E-state index in [-0.39, 0.29) is 0 Å². The van der Waals surface area contributed by atoms with Crippen molar-refractivity contribution in [2.24, 2.45) is 0 Å². The standard InChI is InChI=1S/C8H8BrNO2/c9-5-6-1-3-7(4-2-6)10-8(11)12/h1-4,10H,5H2,(H,11,12). The fourth-order valence-corrected chi connectivity index (χ4v) is 1.17. The number of amides is 1. The third kappa shape index (κ3) is 2.54. The quantitative estimate of drug-likeness (QED) is 0.767. The Kier molecular flexibility index (Phi) is 3.10. The molecule has 0 heterocycles. The molecule has 12 heavy (non-hydrogen) atoms. The minimum atomic E-state index is -1.04. The lowest BCUT2D eigenvalue weighted by molar-refractivity contribution is 0.210. The Balaban J connectivity index is 2.71. The van der Waals surface area contributed by atoms with Crippen LogP contribution in [0.1, 0.15) is 5.56 Å². The van der Waals surface area contributed by atoms with Crippen molar-refractivity contribution in [2.45, 2.75) is 5.33 Å². The summed E-state index contributed by atoms with van der Waals surface area (Å²) in [6.45, 7) is 0. The Morgan fingerprint density at radius 2 is 2.00 bits per heavy atom. The van der Waals surface area contributed by atoms with E-state index in [9.17, 15) is 4.79 Å². The number of hydrogen-bond acceptors (Lipinski definition) is 1. The Labute approximate surface area is 78.5 Å². The normalized spacial score (nSPS) is 9.42. The zero-order valence-electron chi connectivity index (χ0n) is 6.25. The second-order valence-corrected chi connectivity index (χ2v) is 2.82. The van der Waals surface area contributed by atoms with Crippen LogP contribution in [0.2, 0.25) is 0 Å². The van der Waals surface area contributed by atoms with E-state index in [1.807, 2.05) is 12.1 Å². The van der Waals surface area contributed by atoms with Gasteiger partial charge >= 0.3 is 6.09 Å². The van der Waals surface area contributed by atoms with Crippen LogP contribution in [0.25, 0.3) is 0 Å². The van der Waals surface area contributed by atoms with Gasteiger partial charge in [0.15, 0.2) is 0 Å². The average molecular weight is 230 g/mol. The molecule has 1 rings (SSSR count). The number of hydrogen-bond donors (Lipinski definition) is 2. The van der Waals surface area contributed by atoms with Crippen LogP contribution in [0.5, 0.6) is 0 Å². The van der Waals surface area contributed by atoms with Gasteiger partial charge in [0.1, 0.15) is 0 Å². The molecule has 0 aliphatic carbocycles. The first kappa shape index (κ1) is 9.06. The Hall–Kier alpha value is -1.03. The van der Waals surface area contributed by atoms with Gasteiger partial charge in [-0.05, 0) is 17.7 Å². The van der Waals surface area contributed by atoms with Crippen molar-refractivity contribution in [1.82, 2.24) is 0 Å². The summed E-state index contributed by atoms with van der Waals surface area (Å²) >= 11 is 3.30. The highest BCUT2D eigenvalue weighted by Gasteiger charge is 1.96. The maximum absolute atomic E-state index is 10.2. The lowest BCUT2D eigenvalue weighted by Crippen LogP contribution is -2.06. The van der Waals surface area contributed by atoms with E-state index in [2.05, 4.69) is 21.2 Å². The third-order valence-corrected chi connectivity index (χ3v) is 2.01. The van der Waals surface area contributed by atoms with E-state index >= 15 is 0 Å². The lowest BCUT2D eigenvalue weighted by atomic mass is 10.2. The molecule has 0 aliphatic heterocycles. The molecular formula is C8H8BrNO2. The molecule has 1 amide bonds. The van der Waals surface area contributed by atoms with Gasteiger partial charge < -0.3 is 5.11 Å². The van der Waals surface area contributed by atoms with Crippen molar-refractivity contribution in [1.29, 1.82) is 0 Å². The lowest BCUT2D eigenvalue weighted by Gasteiger charge is -2.00. The predicted molar refractivity (Wildman–Crippen MR) is 50.7 cm³/mol. The summed E-state index contributed by atoms with van der Waals surface area (Å²) in [4.78, 5) is 10.2. The first-order valence-electron chi connectivity index (χ1n) is 3.37. The Morgan fingerprint density at radius 1 is 1.42 bits per heavy atom. The number of anilines is 1. The SMILES string of the molecule is O=C(O)Nc1ccc(CBr)cc1. The molecule has 0 saturated carbocycles. The molecule has 0 atom stereocenters. The Bertz CT molecular complexity index is 271. The van der Waals surface area contributed by atoms with Crippen molar-refractivity contribution in [3.63, 3.8) is 0 Å². The van der Waals surface area contributed by atoms with Gasteiger partial charge in [-0.3, -0.25) is 5.32 Å². The van der Waals surface area contributed by atoms with Gasteiger partial charge in [0, 0.05) is 11.0 Å². The summed E-state index contributed by atoms with van der Waals surface area (Å²) in [6.07, 6.45) is -1.04. The summed E-state index contributed by atoms with van der Waals surface area (Å²) in [5, 5.41) is 11.4. The number of alkyl halides is 1. The molecule has 3 nitrogen and oxygen atoms in total. The van der Waals surface area contributed by atoms with Crippen LogP contribution < -0.4 is 5.32 Å². The minimum absolute atomic E-state index is 0.590. The van der Waals surface area contributed by atoms with Crippen molar-refractivity contribution in [2.75, 3.05) is 5.32 Å². The molecule has 0 aliphatic rings. The van der Waals surface area contributed by atoms with Crippen LogP contribution in [0, 0.1) is 0 Å². The van der Waals surface area contributed by atoms with Gasteiger partial charge in [0.25, 0.3) is 0 Å². The molecule has 0 spiro atoms. The van der Waals surface area contributed by atoms with Crippen LogP contribution in [0.15, 0.2) is 24.3 Å². The highest BCUT2D eigenvalue weighted by atomic mass is 79.9. The van der Waals surface area contributed by atoms with Crippen molar-refractivity contribution >= 4 is 27.7 Å². The van der Waals surface area contributed by atoms with E-state index in [0.717, 1.165) is 10.9 Å². The van der Waals surface area contributed by atoms with Gasteiger partial charge in [0.05, 0.1) is 0 Å². The van der Waals surface area contributed by atoms with Crippen LogP contribution in [-0.4, -0.2) is 11.2 Å². The number of nitrogens with one attached hydrogen (secondary N) is 1. The topological polar surface area (TPSA) is 49.3 Å². The van der Waals surface area contributed by atoms with Crippen molar-refractivity contribution in [3.05, 3.63) is 29.8 Å².